The van der Waals surface area contributed by atoms with Crippen LogP contribution in [0.1, 0.15) is 23.6 Å². The lowest BCUT2D eigenvalue weighted by atomic mass is 10.00. The van der Waals surface area contributed by atoms with Crippen molar-refractivity contribution < 1.29 is 18.0 Å². The molecule has 3 rings (SSSR count). The van der Waals surface area contributed by atoms with Crippen LogP contribution >= 0.6 is 0 Å². The minimum Gasteiger partial charge on any atom is -0.288 e. The Morgan fingerprint density at radius 2 is 1.91 bits per heavy atom. The Balaban J connectivity index is 2.07. The summed E-state index contributed by atoms with van der Waals surface area (Å²) in [6.07, 6.45) is -4.49. The summed E-state index contributed by atoms with van der Waals surface area (Å²) in [7, 11) is 0. The minimum atomic E-state index is -4.53. The van der Waals surface area contributed by atoms with Gasteiger partial charge in [0.1, 0.15) is 6.04 Å². The van der Waals surface area contributed by atoms with Crippen LogP contribution in [0, 0.1) is 11.3 Å². The van der Waals surface area contributed by atoms with Gasteiger partial charge in [-0.2, -0.15) is 18.4 Å². The molecule has 1 fully saturated rings. The number of amides is 1. The molecule has 0 spiro atoms. The molecule has 1 saturated heterocycles. The topological polar surface area (TPSA) is 56.1 Å². The summed E-state index contributed by atoms with van der Waals surface area (Å²) < 4.78 is 40.5. The highest BCUT2D eigenvalue weighted by Gasteiger charge is 2.46. The second kappa shape index (κ2) is 5.56. The van der Waals surface area contributed by atoms with Crippen molar-refractivity contribution in [3.8, 4) is 6.07 Å². The highest BCUT2D eigenvalue weighted by Crippen LogP contribution is 2.38. The number of hydrogen-bond donors (Lipinski definition) is 1. The van der Waals surface area contributed by atoms with Crippen LogP contribution in [0.3, 0.4) is 0 Å². The number of nitrogens with one attached hydrogen (secondary N) is 1. The van der Waals surface area contributed by atoms with Crippen molar-refractivity contribution in [2.75, 3.05) is 6.54 Å². The SMILES string of the molecule is N#Cc1ccc2ccc(C(N3CCC(=O)N3)C(F)(F)F)cc2c1. The number of halogens is 3. The van der Waals surface area contributed by atoms with Crippen molar-refractivity contribution in [2.45, 2.75) is 18.6 Å². The zero-order valence-corrected chi connectivity index (χ0v) is 11.9. The first-order valence-electron chi connectivity index (χ1n) is 6.95. The molecule has 2 aromatic rings. The first-order valence-corrected chi connectivity index (χ1v) is 6.95. The Hall–Kier alpha value is -2.59. The summed E-state index contributed by atoms with van der Waals surface area (Å²) in [5.74, 6) is -0.424. The van der Waals surface area contributed by atoms with Gasteiger partial charge in [0, 0.05) is 13.0 Å². The monoisotopic (exact) mass is 319 g/mol. The number of hydrogen-bond acceptors (Lipinski definition) is 3. The van der Waals surface area contributed by atoms with E-state index in [1.807, 2.05) is 6.07 Å². The van der Waals surface area contributed by atoms with Crippen molar-refractivity contribution in [1.82, 2.24) is 10.4 Å². The predicted molar refractivity (Wildman–Crippen MR) is 76.9 cm³/mol. The van der Waals surface area contributed by atoms with Crippen molar-refractivity contribution >= 4 is 16.7 Å². The van der Waals surface area contributed by atoms with E-state index in [1.54, 1.807) is 24.3 Å². The van der Waals surface area contributed by atoms with E-state index >= 15 is 0 Å². The molecule has 2 aromatic carbocycles. The average Bonchev–Trinajstić information content (AvgIpc) is 2.91. The number of rotatable bonds is 2. The fourth-order valence-corrected chi connectivity index (χ4v) is 2.74. The number of hydrazine groups is 1. The van der Waals surface area contributed by atoms with E-state index < -0.39 is 18.1 Å². The van der Waals surface area contributed by atoms with E-state index in [0.29, 0.717) is 10.9 Å². The molecule has 1 aliphatic heterocycles. The standard InChI is InChI=1S/C16H12F3N3O/c17-16(18,19)15(22-6-5-14(23)21-22)12-4-3-11-2-1-10(9-20)7-13(11)8-12/h1-4,7-8,15H,5-6H2,(H,21,23). The lowest BCUT2D eigenvalue weighted by molar-refractivity contribution is -0.191. The van der Waals surface area contributed by atoms with Crippen LogP contribution in [0.4, 0.5) is 13.2 Å². The van der Waals surface area contributed by atoms with Gasteiger partial charge in [-0.3, -0.25) is 10.2 Å². The second-order valence-electron chi connectivity index (χ2n) is 5.36. The maximum atomic E-state index is 13.5. The summed E-state index contributed by atoms with van der Waals surface area (Å²) in [4.78, 5) is 11.3. The van der Waals surface area contributed by atoms with Gasteiger partial charge in [-0.25, -0.2) is 5.01 Å². The normalized spacial score (nSPS) is 17.0. The number of alkyl halides is 3. The zero-order valence-electron chi connectivity index (χ0n) is 11.9. The number of carbonyl (C=O) groups is 1. The van der Waals surface area contributed by atoms with Gasteiger partial charge in [0.05, 0.1) is 11.6 Å². The molecule has 1 amide bonds. The van der Waals surface area contributed by atoms with E-state index in [1.165, 1.54) is 12.1 Å². The van der Waals surface area contributed by atoms with Crippen molar-refractivity contribution in [2.24, 2.45) is 0 Å². The molecular weight excluding hydrogens is 307 g/mol. The average molecular weight is 319 g/mol. The van der Waals surface area contributed by atoms with Crippen molar-refractivity contribution in [1.29, 1.82) is 5.26 Å². The molecule has 0 radical (unpaired) electrons. The molecule has 0 saturated carbocycles. The highest BCUT2D eigenvalue weighted by atomic mass is 19.4. The van der Waals surface area contributed by atoms with E-state index in [2.05, 4.69) is 5.43 Å². The lowest BCUT2D eigenvalue weighted by Gasteiger charge is -2.29. The fraction of sp³-hybridized carbons (Fsp3) is 0.250. The molecule has 1 aliphatic rings. The van der Waals surface area contributed by atoms with Gasteiger partial charge in [0.15, 0.2) is 0 Å². The van der Waals surface area contributed by atoms with Gasteiger partial charge in [-0.05, 0) is 34.5 Å². The first kappa shape index (κ1) is 15.3. The van der Waals surface area contributed by atoms with Gasteiger partial charge in [-0.15, -0.1) is 0 Å². The Kier molecular flexibility index (Phi) is 3.70. The van der Waals surface area contributed by atoms with Crippen LogP contribution in [0.25, 0.3) is 10.8 Å². The quantitative estimate of drug-likeness (QED) is 0.925. The molecule has 118 valence electrons. The van der Waals surface area contributed by atoms with Crippen LogP contribution < -0.4 is 5.43 Å². The Morgan fingerprint density at radius 3 is 2.52 bits per heavy atom. The van der Waals surface area contributed by atoms with E-state index in [4.69, 9.17) is 5.26 Å². The van der Waals surface area contributed by atoms with E-state index in [9.17, 15) is 18.0 Å². The van der Waals surface area contributed by atoms with Gasteiger partial charge in [-0.1, -0.05) is 18.2 Å². The Labute approximate surface area is 130 Å². The molecule has 7 heteroatoms. The fourth-order valence-electron chi connectivity index (χ4n) is 2.74. The largest absolute Gasteiger partial charge is 0.409 e. The molecule has 1 N–H and O–H groups in total. The molecular formula is C16H12F3N3O. The third-order valence-electron chi connectivity index (χ3n) is 3.78. The summed E-state index contributed by atoms with van der Waals surface area (Å²) in [5, 5.41) is 11.1. The summed E-state index contributed by atoms with van der Waals surface area (Å²) in [5.41, 5.74) is 2.66. The first-order chi connectivity index (χ1) is 10.9. The zero-order chi connectivity index (χ0) is 16.6. The molecule has 0 bridgehead atoms. The van der Waals surface area contributed by atoms with E-state index in [-0.39, 0.29) is 18.5 Å². The number of carbonyl (C=O) groups excluding carboxylic acids is 1. The summed E-state index contributed by atoms with van der Waals surface area (Å²) >= 11 is 0. The van der Waals surface area contributed by atoms with E-state index in [0.717, 1.165) is 10.4 Å². The molecule has 4 nitrogen and oxygen atoms in total. The molecule has 1 heterocycles. The second-order valence-corrected chi connectivity index (χ2v) is 5.36. The lowest BCUT2D eigenvalue weighted by Crippen LogP contribution is -2.43. The predicted octanol–water partition coefficient (Wildman–Crippen LogP) is 3.05. The summed E-state index contributed by atoms with van der Waals surface area (Å²) in [6.45, 7) is -0.000712. The third kappa shape index (κ3) is 2.98. The third-order valence-corrected chi connectivity index (χ3v) is 3.78. The molecule has 1 unspecified atom stereocenters. The van der Waals surface area contributed by atoms with Crippen LogP contribution in [-0.4, -0.2) is 23.6 Å². The number of nitrogens with zero attached hydrogens (tertiary/aromatic N) is 2. The molecule has 23 heavy (non-hydrogen) atoms. The van der Waals surface area contributed by atoms with Crippen molar-refractivity contribution in [3.05, 3.63) is 47.5 Å². The highest BCUT2D eigenvalue weighted by molar-refractivity contribution is 5.84. The van der Waals surface area contributed by atoms with Gasteiger partial charge < -0.3 is 0 Å². The van der Waals surface area contributed by atoms with Crippen molar-refractivity contribution in [3.63, 3.8) is 0 Å². The van der Waals surface area contributed by atoms with Crippen LogP contribution in [0.5, 0.6) is 0 Å². The van der Waals surface area contributed by atoms with Gasteiger partial charge in [0.25, 0.3) is 0 Å². The number of benzene rings is 2. The van der Waals surface area contributed by atoms with Crippen LogP contribution in [0.2, 0.25) is 0 Å². The Morgan fingerprint density at radius 1 is 1.17 bits per heavy atom. The molecule has 0 aliphatic carbocycles. The summed E-state index contributed by atoms with van der Waals surface area (Å²) in [6, 6.07) is 9.32. The maximum Gasteiger partial charge on any atom is 0.409 e. The smallest absolute Gasteiger partial charge is 0.288 e. The number of fused-ring (bicyclic) bond motifs is 1. The molecule has 1 atom stereocenters. The molecule has 0 aromatic heterocycles. The van der Waals surface area contributed by atoms with Gasteiger partial charge in [0.2, 0.25) is 5.91 Å². The maximum absolute atomic E-state index is 13.5. The minimum absolute atomic E-state index is 0.000712. The van der Waals surface area contributed by atoms with Crippen LogP contribution in [0.15, 0.2) is 36.4 Å². The van der Waals surface area contributed by atoms with Crippen LogP contribution in [-0.2, 0) is 4.79 Å². The Bertz CT molecular complexity index is 810. The van der Waals surface area contributed by atoms with Gasteiger partial charge >= 0.3 is 6.18 Å². The number of nitriles is 1.